The largest absolute Gasteiger partial charge is 0.496 e. The molecule has 0 aromatic heterocycles. The fraction of sp³-hybridized carbons (Fsp3) is 0.368. The zero-order valence-electron chi connectivity index (χ0n) is 14.8. The molecule has 0 atom stereocenters. The van der Waals surface area contributed by atoms with Gasteiger partial charge in [0.05, 0.1) is 25.2 Å². The second kappa shape index (κ2) is 8.64. The standard InChI is InChI=1S/C19H24N2O4S/c1-24-19-5-3-2-4-17(19)15-20-14-16-6-8-18(9-7-16)26(22,23)21-10-12-25-13-11-21/h2-9,20H,10-15H2,1H3. The number of hydrogen-bond acceptors (Lipinski definition) is 5. The maximum atomic E-state index is 12.6. The van der Waals surface area contributed by atoms with Crippen LogP contribution in [-0.4, -0.2) is 46.1 Å². The van der Waals surface area contributed by atoms with Crippen molar-refractivity contribution in [2.24, 2.45) is 0 Å². The number of nitrogens with one attached hydrogen (secondary N) is 1. The topological polar surface area (TPSA) is 67.9 Å². The van der Waals surface area contributed by atoms with Crippen molar-refractivity contribution < 1.29 is 17.9 Å². The van der Waals surface area contributed by atoms with Crippen molar-refractivity contribution in [2.75, 3.05) is 33.4 Å². The summed E-state index contributed by atoms with van der Waals surface area (Å²) in [6.45, 7) is 3.04. The summed E-state index contributed by atoms with van der Waals surface area (Å²) in [6.07, 6.45) is 0. The first-order valence-electron chi connectivity index (χ1n) is 8.61. The zero-order valence-corrected chi connectivity index (χ0v) is 15.7. The molecule has 1 fully saturated rings. The van der Waals surface area contributed by atoms with Gasteiger partial charge in [-0.3, -0.25) is 0 Å². The van der Waals surface area contributed by atoms with E-state index in [4.69, 9.17) is 9.47 Å². The first-order valence-corrected chi connectivity index (χ1v) is 10.0. The highest BCUT2D eigenvalue weighted by Gasteiger charge is 2.25. The minimum atomic E-state index is -3.43. The van der Waals surface area contributed by atoms with Crippen LogP contribution in [0.25, 0.3) is 0 Å². The quantitative estimate of drug-likeness (QED) is 0.801. The first-order chi connectivity index (χ1) is 12.6. The number of ether oxygens (including phenoxy) is 2. The average molecular weight is 376 g/mol. The van der Waals surface area contributed by atoms with Gasteiger partial charge in [0.25, 0.3) is 0 Å². The molecule has 1 aliphatic rings. The normalized spacial score (nSPS) is 15.7. The Bertz CT molecular complexity index is 816. The first kappa shape index (κ1) is 18.8. The lowest BCUT2D eigenvalue weighted by Crippen LogP contribution is -2.40. The van der Waals surface area contributed by atoms with E-state index in [1.54, 1.807) is 19.2 Å². The Morgan fingerprint density at radius 1 is 1.04 bits per heavy atom. The minimum absolute atomic E-state index is 0.327. The lowest BCUT2D eigenvalue weighted by atomic mass is 10.2. The molecule has 0 spiro atoms. The molecule has 0 bridgehead atoms. The lowest BCUT2D eigenvalue weighted by molar-refractivity contribution is 0.0730. The highest BCUT2D eigenvalue weighted by Crippen LogP contribution is 2.19. The Hall–Kier alpha value is -1.93. The van der Waals surface area contributed by atoms with Crippen molar-refractivity contribution >= 4 is 10.0 Å². The predicted molar refractivity (Wildman–Crippen MR) is 99.6 cm³/mol. The molecule has 1 N–H and O–H groups in total. The second-order valence-corrected chi connectivity index (χ2v) is 8.01. The van der Waals surface area contributed by atoms with Crippen molar-refractivity contribution in [3.63, 3.8) is 0 Å². The third-order valence-corrected chi connectivity index (χ3v) is 6.28. The van der Waals surface area contributed by atoms with Gasteiger partial charge >= 0.3 is 0 Å². The fourth-order valence-electron chi connectivity index (χ4n) is 2.91. The van der Waals surface area contributed by atoms with Crippen LogP contribution in [0.2, 0.25) is 0 Å². The van der Waals surface area contributed by atoms with Gasteiger partial charge in [-0.05, 0) is 23.8 Å². The molecule has 2 aromatic carbocycles. The molecule has 7 heteroatoms. The average Bonchev–Trinajstić information content (AvgIpc) is 2.69. The van der Waals surface area contributed by atoms with Gasteiger partial charge in [0.2, 0.25) is 10.0 Å². The highest BCUT2D eigenvalue weighted by atomic mass is 32.2. The molecular formula is C19H24N2O4S. The molecule has 0 amide bonds. The fourth-order valence-corrected chi connectivity index (χ4v) is 4.31. The Labute approximate surface area is 154 Å². The minimum Gasteiger partial charge on any atom is -0.496 e. The van der Waals surface area contributed by atoms with E-state index in [-0.39, 0.29) is 0 Å². The Balaban J connectivity index is 1.59. The predicted octanol–water partition coefficient (Wildman–Crippen LogP) is 2.01. The van der Waals surface area contributed by atoms with Crippen molar-refractivity contribution in [1.29, 1.82) is 0 Å². The van der Waals surface area contributed by atoms with Gasteiger partial charge < -0.3 is 14.8 Å². The summed E-state index contributed by atoms with van der Waals surface area (Å²) in [4.78, 5) is 0.327. The lowest BCUT2D eigenvalue weighted by Gasteiger charge is -2.26. The van der Waals surface area contributed by atoms with Gasteiger partial charge in [-0.2, -0.15) is 4.31 Å². The van der Waals surface area contributed by atoms with Gasteiger partial charge in [0.15, 0.2) is 0 Å². The Kier molecular flexibility index (Phi) is 6.26. The summed E-state index contributed by atoms with van der Waals surface area (Å²) in [5, 5.41) is 3.36. The molecule has 1 aliphatic heterocycles. The molecule has 1 heterocycles. The Morgan fingerprint density at radius 3 is 2.42 bits per heavy atom. The second-order valence-electron chi connectivity index (χ2n) is 6.08. The van der Waals surface area contributed by atoms with Crippen molar-refractivity contribution in [3.05, 3.63) is 59.7 Å². The van der Waals surface area contributed by atoms with E-state index in [1.807, 2.05) is 36.4 Å². The molecule has 2 aromatic rings. The molecule has 0 radical (unpaired) electrons. The molecule has 0 saturated carbocycles. The molecule has 26 heavy (non-hydrogen) atoms. The molecule has 3 rings (SSSR count). The molecule has 0 aliphatic carbocycles. The number of benzene rings is 2. The van der Waals surface area contributed by atoms with Crippen LogP contribution in [-0.2, 0) is 27.8 Å². The van der Waals surface area contributed by atoms with Crippen molar-refractivity contribution in [1.82, 2.24) is 9.62 Å². The van der Waals surface area contributed by atoms with Crippen LogP contribution in [0.15, 0.2) is 53.4 Å². The third-order valence-electron chi connectivity index (χ3n) is 4.37. The molecular weight excluding hydrogens is 352 g/mol. The molecule has 140 valence electrons. The number of hydrogen-bond donors (Lipinski definition) is 1. The van der Waals surface area contributed by atoms with Gasteiger partial charge in [-0.1, -0.05) is 30.3 Å². The molecule has 0 unspecified atom stereocenters. The van der Waals surface area contributed by atoms with E-state index in [9.17, 15) is 8.42 Å². The maximum Gasteiger partial charge on any atom is 0.243 e. The maximum absolute atomic E-state index is 12.6. The number of sulfonamides is 1. The number of rotatable bonds is 7. The van der Waals surface area contributed by atoms with E-state index in [2.05, 4.69) is 5.32 Å². The van der Waals surface area contributed by atoms with Crippen LogP contribution in [0.4, 0.5) is 0 Å². The molecule has 6 nitrogen and oxygen atoms in total. The molecule has 1 saturated heterocycles. The van der Waals surface area contributed by atoms with Crippen LogP contribution in [0, 0.1) is 0 Å². The number of morpholine rings is 1. The zero-order chi connectivity index (χ0) is 18.4. The van der Waals surface area contributed by atoms with Crippen molar-refractivity contribution in [3.8, 4) is 5.75 Å². The highest BCUT2D eigenvalue weighted by molar-refractivity contribution is 7.89. The number of methoxy groups -OCH3 is 1. The van der Waals surface area contributed by atoms with E-state index >= 15 is 0 Å². The summed E-state index contributed by atoms with van der Waals surface area (Å²) in [7, 11) is -1.78. The summed E-state index contributed by atoms with van der Waals surface area (Å²) in [5.41, 5.74) is 2.11. The van der Waals surface area contributed by atoms with Crippen molar-refractivity contribution in [2.45, 2.75) is 18.0 Å². The van der Waals surface area contributed by atoms with Gasteiger partial charge in [-0.25, -0.2) is 8.42 Å². The number of para-hydroxylation sites is 1. The van der Waals surface area contributed by atoms with E-state index < -0.39 is 10.0 Å². The van der Waals surface area contributed by atoms with Gasteiger partial charge in [-0.15, -0.1) is 0 Å². The van der Waals surface area contributed by atoms with Crippen LogP contribution in [0.1, 0.15) is 11.1 Å². The number of nitrogens with zero attached hydrogens (tertiary/aromatic N) is 1. The van der Waals surface area contributed by atoms with Crippen LogP contribution in [0.5, 0.6) is 5.75 Å². The van der Waals surface area contributed by atoms with E-state index in [0.29, 0.717) is 44.3 Å². The smallest absolute Gasteiger partial charge is 0.243 e. The Morgan fingerprint density at radius 2 is 1.73 bits per heavy atom. The third kappa shape index (κ3) is 4.42. The monoisotopic (exact) mass is 376 g/mol. The van der Waals surface area contributed by atoms with Gasteiger partial charge in [0, 0.05) is 31.7 Å². The van der Waals surface area contributed by atoms with E-state index in [1.165, 1.54) is 4.31 Å². The summed E-state index contributed by atoms with van der Waals surface area (Å²) < 4.78 is 37.3. The SMILES string of the molecule is COc1ccccc1CNCc1ccc(S(=O)(=O)N2CCOCC2)cc1. The van der Waals surface area contributed by atoms with E-state index in [0.717, 1.165) is 16.9 Å². The van der Waals surface area contributed by atoms with Crippen LogP contribution < -0.4 is 10.1 Å². The summed E-state index contributed by atoms with van der Waals surface area (Å²) >= 11 is 0. The summed E-state index contributed by atoms with van der Waals surface area (Å²) in [5.74, 6) is 0.854. The van der Waals surface area contributed by atoms with Crippen LogP contribution in [0.3, 0.4) is 0 Å². The summed E-state index contributed by atoms with van der Waals surface area (Å²) in [6, 6.07) is 14.9. The van der Waals surface area contributed by atoms with Crippen LogP contribution >= 0.6 is 0 Å². The van der Waals surface area contributed by atoms with Gasteiger partial charge in [0.1, 0.15) is 5.75 Å².